The number of hydrogen-bond donors (Lipinski definition) is 0. The smallest absolute Gasteiger partial charge is 0.142 e. The van der Waals surface area contributed by atoms with E-state index >= 15 is 0 Å². The van der Waals surface area contributed by atoms with Crippen molar-refractivity contribution in [1.82, 2.24) is 0 Å². The fourth-order valence-corrected chi connectivity index (χ4v) is 7.92. The molecule has 6 aromatic rings. The first-order valence-electron chi connectivity index (χ1n) is 22.3. The van der Waals surface area contributed by atoms with Crippen LogP contribution in [0.25, 0.3) is 51.0 Å². The largest absolute Gasteiger partial charge is 0.456 e. The van der Waals surface area contributed by atoms with Crippen molar-refractivity contribution in [3.05, 3.63) is 264 Å². The third-order valence-electron chi connectivity index (χ3n) is 11.1. The lowest BCUT2D eigenvalue weighted by molar-refractivity contribution is 0.602. The molecular weight excluding hydrogens is 775 g/mol. The lowest BCUT2D eigenvalue weighted by Crippen LogP contribution is -2.18. The summed E-state index contributed by atoms with van der Waals surface area (Å²) in [6, 6.07) is 44.9. The number of rotatable bonds is 18. The molecular formula is C62H61NO. The normalized spacial score (nSPS) is 13.3. The molecule has 6 rings (SSSR count). The lowest BCUT2D eigenvalue weighted by Gasteiger charge is -2.27. The van der Waals surface area contributed by atoms with Crippen LogP contribution in [-0.4, -0.2) is 0 Å². The summed E-state index contributed by atoms with van der Waals surface area (Å²) < 4.78 is 6.49. The van der Waals surface area contributed by atoms with E-state index in [-0.39, 0.29) is 0 Å². The maximum Gasteiger partial charge on any atom is 0.142 e. The van der Waals surface area contributed by atoms with Crippen LogP contribution in [0.1, 0.15) is 81.0 Å². The molecule has 0 atom stereocenters. The van der Waals surface area contributed by atoms with Crippen molar-refractivity contribution in [3.8, 4) is 11.1 Å². The minimum absolute atomic E-state index is 0.736. The summed E-state index contributed by atoms with van der Waals surface area (Å²) in [5, 5.41) is 1.12. The first kappa shape index (κ1) is 46.1. The predicted octanol–water partition coefficient (Wildman–Crippen LogP) is 18.0. The van der Waals surface area contributed by atoms with Gasteiger partial charge in [0.2, 0.25) is 0 Å². The Morgan fingerprint density at radius 2 is 1.36 bits per heavy atom. The summed E-state index contributed by atoms with van der Waals surface area (Å²) in [4.78, 5) is 2.24. The zero-order valence-corrected chi connectivity index (χ0v) is 38.4. The van der Waals surface area contributed by atoms with Gasteiger partial charge in [-0.3, -0.25) is 0 Å². The van der Waals surface area contributed by atoms with Crippen molar-refractivity contribution >= 4 is 45.5 Å². The molecule has 0 bridgehead atoms. The van der Waals surface area contributed by atoms with Gasteiger partial charge in [-0.15, -0.1) is 0 Å². The van der Waals surface area contributed by atoms with Gasteiger partial charge in [-0.2, -0.15) is 0 Å². The molecule has 0 unspecified atom stereocenters. The van der Waals surface area contributed by atoms with Gasteiger partial charge >= 0.3 is 0 Å². The second kappa shape index (κ2) is 23.1. The summed E-state index contributed by atoms with van der Waals surface area (Å²) in [5.74, 6) is 0.871. The lowest BCUT2D eigenvalue weighted by atomic mass is 9.89. The Labute approximate surface area is 382 Å². The van der Waals surface area contributed by atoms with Crippen molar-refractivity contribution in [3.63, 3.8) is 0 Å². The van der Waals surface area contributed by atoms with E-state index < -0.39 is 0 Å². The number of aryl methyl sites for hydroxylation is 1. The molecule has 1 aromatic heterocycles. The maximum absolute atomic E-state index is 6.49. The fourth-order valence-electron chi connectivity index (χ4n) is 7.92. The molecule has 0 fully saturated rings. The van der Waals surface area contributed by atoms with Crippen molar-refractivity contribution in [2.24, 2.45) is 0 Å². The number of furan rings is 1. The second-order valence-electron chi connectivity index (χ2n) is 15.6. The topological polar surface area (TPSA) is 16.4 Å². The van der Waals surface area contributed by atoms with Gasteiger partial charge in [-0.05, 0) is 134 Å². The van der Waals surface area contributed by atoms with Crippen molar-refractivity contribution in [1.29, 1.82) is 0 Å². The highest BCUT2D eigenvalue weighted by Crippen LogP contribution is 2.37. The zero-order chi connectivity index (χ0) is 45.3. The summed E-state index contributed by atoms with van der Waals surface area (Å²) >= 11 is 0. The van der Waals surface area contributed by atoms with Crippen LogP contribution in [0.15, 0.2) is 235 Å². The van der Waals surface area contributed by atoms with Gasteiger partial charge in [-0.25, -0.2) is 0 Å². The molecule has 2 nitrogen and oxygen atoms in total. The second-order valence-corrected chi connectivity index (χ2v) is 15.6. The standard InChI is InChI=1S/C62H61NO/c1-9-14-17-35-61-48(8)57-33-23-34-60(62(57)64-61)53-39-41-56(42-40-53)63(47(7)44-54(25-11-3)51-28-18-15-19-29-51)46(6)36-37-50(24-10-2)38-43-59(52-30-20-16-21-31-52)58(26-12-4)55-32-22-27-49(13-5)45-55/h9-11,13-37,39-45H,5,7,12,38H2,1-4,6,8H3/b14-9-,24-10-,25-11-,35-17-,46-36+,50-37+,54-44+,58-26-,59-43-. The van der Waals surface area contributed by atoms with E-state index in [1.54, 1.807) is 0 Å². The molecule has 2 heteroatoms. The number of hydrogen-bond acceptors (Lipinski definition) is 2. The maximum atomic E-state index is 6.49. The molecule has 0 radical (unpaired) electrons. The monoisotopic (exact) mass is 835 g/mol. The van der Waals surface area contributed by atoms with E-state index in [4.69, 9.17) is 11.0 Å². The quantitative estimate of drug-likeness (QED) is 0.0802. The highest BCUT2D eigenvalue weighted by molar-refractivity contribution is 6.05. The number of nitrogens with zero attached hydrogens (tertiary/aromatic N) is 1. The summed E-state index contributed by atoms with van der Waals surface area (Å²) in [6.45, 7) is 21.3. The van der Waals surface area contributed by atoms with Crippen LogP contribution in [0.3, 0.4) is 0 Å². The number of anilines is 1. The van der Waals surface area contributed by atoms with Crippen LogP contribution < -0.4 is 4.90 Å². The van der Waals surface area contributed by atoms with Gasteiger partial charge in [0.1, 0.15) is 11.3 Å². The fraction of sp³-hybridized carbons (Fsp3) is 0.129. The first-order chi connectivity index (χ1) is 31.3. The highest BCUT2D eigenvalue weighted by Gasteiger charge is 2.17. The highest BCUT2D eigenvalue weighted by atomic mass is 16.3. The number of fused-ring (bicyclic) bond motifs is 1. The molecule has 0 aliphatic heterocycles. The Balaban J connectivity index is 1.42. The van der Waals surface area contributed by atoms with E-state index in [1.807, 2.05) is 50.3 Å². The van der Waals surface area contributed by atoms with Gasteiger partial charge in [-0.1, -0.05) is 196 Å². The third-order valence-corrected chi connectivity index (χ3v) is 11.1. The van der Waals surface area contributed by atoms with Crippen LogP contribution in [0.5, 0.6) is 0 Å². The van der Waals surface area contributed by atoms with E-state index in [2.05, 4.69) is 215 Å². The van der Waals surface area contributed by atoms with Gasteiger partial charge in [0.15, 0.2) is 0 Å². The van der Waals surface area contributed by atoms with Gasteiger partial charge in [0.25, 0.3) is 0 Å². The minimum Gasteiger partial charge on any atom is -0.456 e. The summed E-state index contributed by atoms with van der Waals surface area (Å²) in [5.41, 5.74) is 16.3. The van der Waals surface area contributed by atoms with Gasteiger partial charge < -0.3 is 9.32 Å². The first-order valence-corrected chi connectivity index (χ1v) is 22.3. The Kier molecular flexibility index (Phi) is 16.7. The molecule has 0 saturated heterocycles. The van der Waals surface area contributed by atoms with Crippen molar-refractivity contribution in [2.45, 2.75) is 54.4 Å². The summed E-state index contributed by atoms with van der Waals surface area (Å²) in [6.07, 6.45) is 31.5. The van der Waals surface area contributed by atoms with Crippen LogP contribution >= 0.6 is 0 Å². The molecule has 320 valence electrons. The van der Waals surface area contributed by atoms with Crippen LogP contribution in [-0.2, 0) is 0 Å². The molecule has 64 heavy (non-hydrogen) atoms. The molecule has 0 aliphatic rings. The molecule has 5 aromatic carbocycles. The average Bonchev–Trinajstić information content (AvgIpc) is 3.65. The van der Waals surface area contributed by atoms with Crippen LogP contribution in [0.2, 0.25) is 0 Å². The SMILES string of the molecule is C=Cc1cccc(C(=C/CC)/C(=C\CC(/C=C\C)=C/C=C(\C)N(C(=C)/C=C(\C=C/C)c2ccccc2)c2ccc(-c3cccc4c(C)c(/C=C\C=C/C)oc34)cc2)c2ccccc2)c1. The van der Waals surface area contributed by atoms with Crippen molar-refractivity contribution < 1.29 is 4.42 Å². The van der Waals surface area contributed by atoms with E-state index in [0.717, 1.165) is 80.0 Å². The Bertz CT molecular complexity index is 2830. The van der Waals surface area contributed by atoms with E-state index in [0.29, 0.717) is 0 Å². The predicted molar refractivity (Wildman–Crippen MR) is 282 cm³/mol. The van der Waals surface area contributed by atoms with E-state index in [9.17, 15) is 0 Å². The molecule has 1 heterocycles. The number of benzene rings is 5. The Morgan fingerprint density at radius 3 is 2.03 bits per heavy atom. The number of allylic oxidation sites excluding steroid dienone is 17. The number of para-hydroxylation sites is 1. The minimum atomic E-state index is 0.736. The molecule has 0 spiro atoms. The molecule has 0 aliphatic carbocycles. The molecule has 0 amide bonds. The third kappa shape index (κ3) is 11.5. The zero-order valence-electron chi connectivity index (χ0n) is 38.4. The Hall–Kier alpha value is -7.42. The Morgan fingerprint density at radius 1 is 0.688 bits per heavy atom. The molecule has 0 saturated carbocycles. The van der Waals surface area contributed by atoms with Gasteiger partial charge in [0.05, 0.1) is 0 Å². The van der Waals surface area contributed by atoms with Crippen LogP contribution in [0, 0.1) is 6.92 Å². The molecule has 0 N–H and O–H groups in total. The van der Waals surface area contributed by atoms with Gasteiger partial charge in [0, 0.05) is 33.6 Å². The van der Waals surface area contributed by atoms with E-state index in [1.165, 1.54) is 27.8 Å². The van der Waals surface area contributed by atoms with Crippen LogP contribution in [0.4, 0.5) is 5.69 Å². The van der Waals surface area contributed by atoms with Crippen molar-refractivity contribution in [2.75, 3.05) is 4.90 Å². The summed E-state index contributed by atoms with van der Waals surface area (Å²) in [7, 11) is 0. The average molecular weight is 836 g/mol.